The second-order valence-electron chi connectivity index (χ2n) is 2.16. The standard InChI is InChI=1S/C8H7ClNO2/c9-7-5-6(10-3-4-11)1-2-8(7)12/h1-2,5,10,12H,3H2. The molecule has 0 aliphatic heterocycles. The van der Waals surface area contributed by atoms with Gasteiger partial charge in [-0.05, 0) is 18.2 Å². The van der Waals surface area contributed by atoms with E-state index < -0.39 is 0 Å². The van der Waals surface area contributed by atoms with Gasteiger partial charge in [-0.3, -0.25) is 4.79 Å². The van der Waals surface area contributed by atoms with Gasteiger partial charge in [0.05, 0.1) is 11.6 Å². The largest absolute Gasteiger partial charge is 0.506 e. The number of nitrogens with one attached hydrogen (secondary N) is 1. The van der Waals surface area contributed by atoms with E-state index in [0.29, 0.717) is 5.69 Å². The molecule has 0 fully saturated rings. The van der Waals surface area contributed by atoms with Crippen LogP contribution < -0.4 is 5.32 Å². The van der Waals surface area contributed by atoms with Crippen LogP contribution in [0.25, 0.3) is 0 Å². The molecular weight excluding hydrogens is 178 g/mol. The number of rotatable bonds is 3. The minimum atomic E-state index is 0.0253. The van der Waals surface area contributed by atoms with E-state index in [-0.39, 0.29) is 17.3 Å². The van der Waals surface area contributed by atoms with Crippen LogP contribution in [0.5, 0.6) is 5.75 Å². The summed E-state index contributed by atoms with van der Waals surface area (Å²) in [5.41, 5.74) is 0.682. The molecule has 0 saturated heterocycles. The quantitative estimate of drug-likeness (QED) is 0.701. The summed E-state index contributed by atoms with van der Waals surface area (Å²) in [6, 6.07) is 4.61. The molecule has 1 aromatic carbocycles. The second kappa shape index (κ2) is 3.97. The first-order chi connectivity index (χ1) is 5.74. The maximum Gasteiger partial charge on any atom is 0.219 e. The lowest BCUT2D eigenvalue weighted by Gasteiger charge is -2.02. The van der Waals surface area contributed by atoms with Crippen molar-refractivity contribution < 1.29 is 9.90 Å². The maximum absolute atomic E-state index is 9.86. The zero-order valence-electron chi connectivity index (χ0n) is 6.17. The minimum Gasteiger partial charge on any atom is -0.506 e. The molecule has 63 valence electrons. The molecule has 0 aliphatic carbocycles. The molecule has 0 heterocycles. The van der Waals surface area contributed by atoms with Crippen molar-refractivity contribution in [2.24, 2.45) is 0 Å². The molecule has 1 radical (unpaired) electrons. The van der Waals surface area contributed by atoms with Crippen molar-refractivity contribution in [3.8, 4) is 5.75 Å². The van der Waals surface area contributed by atoms with Gasteiger partial charge in [-0.2, -0.15) is 0 Å². The van der Waals surface area contributed by atoms with Gasteiger partial charge in [-0.25, -0.2) is 0 Å². The number of carbonyl (C=O) groups excluding carboxylic acids is 1. The number of aromatic hydroxyl groups is 1. The highest BCUT2D eigenvalue weighted by atomic mass is 35.5. The van der Waals surface area contributed by atoms with Crippen LogP contribution in [0, 0.1) is 0 Å². The highest BCUT2D eigenvalue weighted by Gasteiger charge is 1.98. The Morgan fingerprint density at radius 1 is 1.58 bits per heavy atom. The van der Waals surface area contributed by atoms with Gasteiger partial charge in [0.2, 0.25) is 6.29 Å². The first kappa shape index (κ1) is 8.87. The van der Waals surface area contributed by atoms with Crippen molar-refractivity contribution in [2.45, 2.75) is 0 Å². The topological polar surface area (TPSA) is 49.3 Å². The maximum atomic E-state index is 9.86. The fourth-order valence-electron chi connectivity index (χ4n) is 0.755. The van der Waals surface area contributed by atoms with Crippen molar-refractivity contribution in [1.82, 2.24) is 0 Å². The second-order valence-corrected chi connectivity index (χ2v) is 2.57. The van der Waals surface area contributed by atoms with E-state index in [4.69, 9.17) is 16.7 Å². The molecule has 0 aromatic heterocycles. The summed E-state index contributed by atoms with van der Waals surface area (Å²) in [6.07, 6.45) is 1.68. The molecule has 3 nitrogen and oxygen atoms in total. The Morgan fingerprint density at radius 2 is 2.33 bits per heavy atom. The Labute approximate surface area is 75.0 Å². The fourth-order valence-corrected chi connectivity index (χ4v) is 0.936. The lowest BCUT2D eigenvalue weighted by atomic mass is 10.3. The van der Waals surface area contributed by atoms with Crippen molar-refractivity contribution in [2.75, 3.05) is 11.9 Å². The average molecular weight is 185 g/mol. The highest BCUT2D eigenvalue weighted by molar-refractivity contribution is 6.32. The number of phenols is 1. The normalized spacial score (nSPS) is 9.42. The first-order valence-corrected chi connectivity index (χ1v) is 3.69. The fraction of sp³-hybridized carbons (Fsp3) is 0.125. The third-order valence-electron chi connectivity index (χ3n) is 1.31. The number of phenolic OH excluding ortho intramolecular Hbond substituents is 1. The Balaban J connectivity index is 2.75. The molecule has 0 saturated carbocycles. The van der Waals surface area contributed by atoms with E-state index >= 15 is 0 Å². The number of hydrogen-bond donors (Lipinski definition) is 2. The van der Waals surface area contributed by atoms with Crippen LogP contribution in [0.1, 0.15) is 0 Å². The summed E-state index contributed by atoms with van der Waals surface area (Å²) in [4.78, 5) is 9.86. The summed E-state index contributed by atoms with van der Waals surface area (Å²) in [5, 5.41) is 12.0. The third kappa shape index (κ3) is 2.13. The molecule has 1 aromatic rings. The van der Waals surface area contributed by atoms with Crippen LogP contribution in [0.4, 0.5) is 5.69 Å². The van der Waals surface area contributed by atoms with Crippen molar-refractivity contribution >= 4 is 23.6 Å². The molecule has 0 amide bonds. The highest BCUT2D eigenvalue weighted by Crippen LogP contribution is 2.25. The van der Waals surface area contributed by atoms with Crippen LogP contribution in [0.2, 0.25) is 5.02 Å². The van der Waals surface area contributed by atoms with Crippen LogP contribution in [0.15, 0.2) is 18.2 Å². The molecule has 2 N–H and O–H groups in total. The minimum absolute atomic E-state index is 0.0253. The van der Waals surface area contributed by atoms with Gasteiger partial charge < -0.3 is 10.4 Å². The SMILES string of the molecule is O=[C]CNc1ccc(O)c(Cl)c1. The Bertz CT molecular complexity index is 288. The van der Waals surface area contributed by atoms with E-state index in [0.717, 1.165) is 0 Å². The van der Waals surface area contributed by atoms with Gasteiger partial charge in [-0.1, -0.05) is 11.6 Å². The monoisotopic (exact) mass is 184 g/mol. The molecule has 1 rings (SSSR count). The summed E-state index contributed by atoms with van der Waals surface area (Å²) >= 11 is 5.60. The van der Waals surface area contributed by atoms with Crippen LogP contribution >= 0.6 is 11.6 Å². The van der Waals surface area contributed by atoms with Crippen molar-refractivity contribution in [1.29, 1.82) is 0 Å². The number of anilines is 1. The molecule has 0 atom stereocenters. The first-order valence-electron chi connectivity index (χ1n) is 3.31. The molecule has 12 heavy (non-hydrogen) atoms. The Hall–Kier alpha value is -1.22. The molecular formula is C8H7ClNO2. The lowest BCUT2D eigenvalue weighted by molar-refractivity contribution is 0.475. The molecule has 0 aliphatic rings. The van der Waals surface area contributed by atoms with E-state index in [1.165, 1.54) is 12.1 Å². The summed E-state index contributed by atoms with van der Waals surface area (Å²) in [5.74, 6) is 0.0253. The third-order valence-corrected chi connectivity index (χ3v) is 1.62. The van der Waals surface area contributed by atoms with Gasteiger partial charge in [0.1, 0.15) is 5.75 Å². The van der Waals surface area contributed by atoms with Crippen LogP contribution in [0.3, 0.4) is 0 Å². The van der Waals surface area contributed by atoms with E-state index in [9.17, 15) is 4.79 Å². The van der Waals surface area contributed by atoms with Crippen molar-refractivity contribution in [3.05, 3.63) is 23.2 Å². The summed E-state index contributed by atoms with van der Waals surface area (Å²) < 4.78 is 0. The van der Waals surface area contributed by atoms with Crippen LogP contribution in [-0.4, -0.2) is 17.9 Å². The van der Waals surface area contributed by atoms with Gasteiger partial charge in [0.25, 0.3) is 0 Å². The van der Waals surface area contributed by atoms with Crippen LogP contribution in [-0.2, 0) is 4.79 Å². The Kier molecular flexibility index (Phi) is 2.94. The summed E-state index contributed by atoms with van der Waals surface area (Å²) in [6.45, 7) is 0.112. The Morgan fingerprint density at radius 3 is 2.92 bits per heavy atom. The van der Waals surface area contributed by atoms with Gasteiger partial charge in [0.15, 0.2) is 0 Å². The number of hydrogen-bond acceptors (Lipinski definition) is 3. The molecule has 0 bridgehead atoms. The molecule has 0 spiro atoms. The van der Waals surface area contributed by atoms with Gasteiger partial charge in [0, 0.05) is 5.69 Å². The molecule has 4 heteroatoms. The van der Waals surface area contributed by atoms with Gasteiger partial charge in [-0.15, -0.1) is 0 Å². The molecule has 0 unspecified atom stereocenters. The number of halogens is 1. The predicted molar refractivity (Wildman–Crippen MR) is 47.3 cm³/mol. The number of benzene rings is 1. The smallest absolute Gasteiger partial charge is 0.219 e. The zero-order chi connectivity index (χ0) is 8.97. The van der Waals surface area contributed by atoms with E-state index in [2.05, 4.69) is 5.32 Å². The lowest BCUT2D eigenvalue weighted by Crippen LogP contribution is -2.01. The van der Waals surface area contributed by atoms with Crippen molar-refractivity contribution in [3.63, 3.8) is 0 Å². The van der Waals surface area contributed by atoms with Gasteiger partial charge >= 0.3 is 0 Å². The summed E-state index contributed by atoms with van der Waals surface area (Å²) in [7, 11) is 0. The zero-order valence-corrected chi connectivity index (χ0v) is 6.93. The predicted octanol–water partition coefficient (Wildman–Crippen LogP) is 1.57. The van der Waals surface area contributed by atoms with E-state index in [1.54, 1.807) is 12.4 Å². The van der Waals surface area contributed by atoms with E-state index in [1.807, 2.05) is 0 Å². The average Bonchev–Trinajstić information content (AvgIpc) is 2.07.